The first-order chi connectivity index (χ1) is 12.6. The van der Waals surface area contributed by atoms with Gasteiger partial charge in [0, 0.05) is 26.2 Å². The van der Waals surface area contributed by atoms with E-state index in [4.69, 9.17) is 0 Å². The molecule has 0 aliphatic carbocycles. The molecule has 2 aromatic carbocycles. The Morgan fingerprint density at radius 1 is 1.08 bits per heavy atom. The molecule has 1 aromatic heterocycles. The minimum absolute atomic E-state index is 0.164. The van der Waals surface area contributed by atoms with Gasteiger partial charge in [-0.15, -0.1) is 0 Å². The molecule has 0 aliphatic heterocycles. The zero-order chi connectivity index (χ0) is 18.4. The second kappa shape index (κ2) is 8.45. The molecule has 0 bridgehead atoms. The van der Waals surface area contributed by atoms with Crippen LogP contribution < -0.4 is 10.5 Å². The number of hydrogen-bond acceptors (Lipinski definition) is 4. The molecule has 26 heavy (non-hydrogen) atoms. The molecule has 0 radical (unpaired) electrons. The molecule has 1 atom stereocenters. The van der Waals surface area contributed by atoms with Crippen LogP contribution >= 0.6 is 0 Å². The minimum Gasteiger partial charge on any atom is -0.388 e. The van der Waals surface area contributed by atoms with E-state index in [-0.39, 0.29) is 5.56 Å². The highest BCUT2D eigenvalue weighted by Gasteiger charge is 2.10. The van der Waals surface area contributed by atoms with Crippen molar-refractivity contribution in [3.05, 3.63) is 94.4 Å². The molecule has 5 nitrogen and oxygen atoms in total. The average Bonchev–Trinajstić information content (AvgIpc) is 2.68. The summed E-state index contributed by atoms with van der Waals surface area (Å²) >= 11 is 0. The molecule has 0 spiro atoms. The lowest BCUT2D eigenvalue weighted by Crippen LogP contribution is -2.26. The van der Waals surface area contributed by atoms with Crippen molar-refractivity contribution in [3.63, 3.8) is 0 Å². The lowest BCUT2D eigenvalue weighted by Gasteiger charge is -2.19. The molecular formula is C21H23N3O2. The van der Waals surface area contributed by atoms with Crippen LogP contribution in [0.3, 0.4) is 0 Å². The van der Waals surface area contributed by atoms with Crippen LogP contribution in [0.4, 0.5) is 5.69 Å². The smallest absolute Gasteiger partial charge is 0.268 e. The van der Waals surface area contributed by atoms with E-state index in [1.54, 1.807) is 12.3 Å². The van der Waals surface area contributed by atoms with Crippen molar-refractivity contribution in [1.29, 1.82) is 0 Å². The highest BCUT2D eigenvalue weighted by atomic mass is 16.3. The van der Waals surface area contributed by atoms with Crippen LogP contribution in [0.5, 0.6) is 0 Å². The fraction of sp³-hybridized carbons (Fsp3) is 0.238. The molecule has 1 heterocycles. The molecule has 0 saturated carbocycles. The van der Waals surface area contributed by atoms with Crippen molar-refractivity contribution in [2.75, 3.05) is 11.9 Å². The Bertz CT molecular complexity index is 879. The summed E-state index contributed by atoms with van der Waals surface area (Å²) in [6.07, 6.45) is 1.53. The van der Waals surface area contributed by atoms with Crippen molar-refractivity contribution >= 4 is 5.69 Å². The van der Waals surface area contributed by atoms with E-state index in [9.17, 15) is 9.90 Å². The number of aryl methyl sites for hydroxylation is 1. The summed E-state index contributed by atoms with van der Waals surface area (Å²) in [5.41, 5.74) is 2.63. The van der Waals surface area contributed by atoms with E-state index in [0.717, 1.165) is 11.3 Å². The van der Waals surface area contributed by atoms with Gasteiger partial charge < -0.3 is 10.0 Å². The van der Waals surface area contributed by atoms with Gasteiger partial charge in [-0.05, 0) is 17.5 Å². The second-order valence-corrected chi connectivity index (χ2v) is 6.33. The van der Waals surface area contributed by atoms with E-state index in [1.165, 1.54) is 10.2 Å². The summed E-state index contributed by atoms with van der Waals surface area (Å²) in [7, 11) is 1.94. The zero-order valence-corrected chi connectivity index (χ0v) is 14.8. The SMILES string of the molecule is CN(Cc1ccccc1)c1cnn(CC[C@@H](O)c2ccccc2)c(=O)c1. The van der Waals surface area contributed by atoms with Crippen LogP contribution in [0.15, 0.2) is 77.7 Å². The Kier molecular flexibility index (Phi) is 5.81. The normalized spacial score (nSPS) is 11.9. The van der Waals surface area contributed by atoms with Gasteiger partial charge in [-0.25, -0.2) is 4.68 Å². The quantitative estimate of drug-likeness (QED) is 0.712. The van der Waals surface area contributed by atoms with Gasteiger partial charge in [-0.3, -0.25) is 4.79 Å². The van der Waals surface area contributed by atoms with Crippen molar-refractivity contribution in [1.82, 2.24) is 9.78 Å². The molecule has 0 aliphatic rings. The Labute approximate surface area is 153 Å². The van der Waals surface area contributed by atoms with Crippen LogP contribution in [0.1, 0.15) is 23.7 Å². The number of benzene rings is 2. The van der Waals surface area contributed by atoms with Crippen LogP contribution in [-0.4, -0.2) is 21.9 Å². The van der Waals surface area contributed by atoms with Gasteiger partial charge in [0.2, 0.25) is 0 Å². The molecule has 3 rings (SSSR count). The number of rotatable bonds is 7. The number of nitrogens with zero attached hydrogens (tertiary/aromatic N) is 3. The molecule has 3 aromatic rings. The number of hydrogen-bond donors (Lipinski definition) is 1. The van der Waals surface area contributed by atoms with Gasteiger partial charge >= 0.3 is 0 Å². The largest absolute Gasteiger partial charge is 0.388 e. The Morgan fingerprint density at radius 2 is 1.73 bits per heavy atom. The monoisotopic (exact) mass is 349 g/mol. The molecular weight excluding hydrogens is 326 g/mol. The fourth-order valence-electron chi connectivity index (χ4n) is 2.84. The van der Waals surface area contributed by atoms with E-state index < -0.39 is 6.10 Å². The van der Waals surface area contributed by atoms with Gasteiger partial charge in [0.25, 0.3) is 5.56 Å². The molecule has 134 valence electrons. The summed E-state index contributed by atoms with van der Waals surface area (Å²) in [5.74, 6) is 0. The Balaban J connectivity index is 1.63. The van der Waals surface area contributed by atoms with Crippen LogP contribution in [0.2, 0.25) is 0 Å². The molecule has 0 unspecified atom stereocenters. The molecule has 0 fully saturated rings. The third-order valence-electron chi connectivity index (χ3n) is 4.36. The second-order valence-electron chi connectivity index (χ2n) is 6.33. The van der Waals surface area contributed by atoms with Crippen molar-refractivity contribution < 1.29 is 5.11 Å². The van der Waals surface area contributed by atoms with E-state index in [2.05, 4.69) is 17.2 Å². The highest BCUT2D eigenvalue weighted by molar-refractivity contribution is 5.42. The van der Waals surface area contributed by atoms with Crippen molar-refractivity contribution in [2.45, 2.75) is 25.6 Å². The van der Waals surface area contributed by atoms with Crippen LogP contribution in [-0.2, 0) is 13.1 Å². The number of aromatic nitrogens is 2. The highest BCUT2D eigenvalue weighted by Crippen LogP contribution is 2.16. The third-order valence-corrected chi connectivity index (χ3v) is 4.36. The van der Waals surface area contributed by atoms with Crippen LogP contribution in [0.25, 0.3) is 0 Å². The van der Waals surface area contributed by atoms with Crippen LogP contribution in [0, 0.1) is 0 Å². The molecule has 5 heteroatoms. The maximum atomic E-state index is 12.3. The van der Waals surface area contributed by atoms with E-state index in [0.29, 0.717) is 19.5 Å². The first-order valence-corrected chi connectivity index (χ1v) is 8.69. The Hall–Kier alpha value is -2.92. The average molecular weight is 349 g/mol. The topological polar surface area (TPSA) is 58.4 Å². The number of anilines is 1. The van der Waals surface area contributed by atoms with Gasteiger partial charge in [-0.2, -0.15) is 5.10 Å². The first kappa shape index (κ1) is 17.9. The maximum Gasteiger partial charge on any atom is 0.268 e. The van der Waals surface area contributed by atoms with Gasteiger partial charge in [0.15, 0.2) is 0 Å². The molecule has 0 saturated heterocycles. The summed E-state index contributed by atoms with van der Waals surface area (Å²) < 4.78 is 1.39. The summed E-state index contributed by atoms with van der Waals surface area (Å²) in [6.45, 7) is 1.08. The number of aliphatic hydroxyl groups is 1. The fourth-order valence-corrected chi connectivity index (χ4v) is 2.84. The predicted octanol–water partition coefficient (Wildman–Crippen LogP) is 3.00. The Morgan fingerprint density at radius 3 is 2.38 bits per heavy atom. The van der Waals surface area contributed by atoms with Gasteiger partial charge in [-0.1, -0.05) is 60.7 Å². The number of aliphatic hydroxyl groups excluding tert-OH is 1. The minimum atomic E-state index is -0.606. The summed E-state index contributed by atoms with van der Waals surface area (Å²) in [6, 6.07) is 21.1. The summed E-state index contributed by atoms with van der Waals surface area (Å²) in [4.78, 5) is 14.3. The molecule has 1 N–H and O–H groups in total. The zero-order valence-electron chi connectivity index (χ0n) is 14.8. The maximum absolute atomic E-state index is 12.3. The van der Waals surface area contributed by atoms with Gasteiger partial charge in [0.1, 0.15) is 0 Å². The van der Waals surface area contributed by atoms with E-state index in [1.807, 2.05) is 60.5 Å². The predicted molar refractivity (Wildman–Crippen MR) is 103 cm³/mol. The summed E-state index contributed by atoms with van der Waals surface area (Å²) in [5, 5.41) is 14.5. The lowest BCUT2D eigenvalue weighted by molar-refractivity contribution is 0.158. The van der Waals surface area contributed by atoms with Crippen molar-refractivity contribution in [3.8, 4) is 0 Å². The lowest BCUT2D eigenvalue weighted by atomic mass is 10.1. The van der Waals surface area contributed by atoms with Gasteiger partial charge in [0.05, 0.1) is 18.0 Å². The third kappa shape index (κ3) is 4.58. The standard InChI is InChI=1S/C21H23N3O2/c1-23(16-17-8-4-2-5-9-17)19-14-21(26)24(22-15-19)13-12-20(25)18-10-6-3-7-11-18/h2-11,14-15,20,25H,12-13,16H2,1H3/t20-/m1/s1. The first-order valence-electron chi connectivity index (χ1n) is 8.69. The molecule has 0 amide bonds. The van der Waals surface area contributed by atoms with E-state index >= 15 is 0 Å². The van der Waals surface area contributed by atoms with Crippen molar-refractivity contribution in [2.24, 2.45) is 0 Å².